The molecule has 0 saturated heterocycles. The van der Waals surface area contributed by atoms with Crippen molar-refractivity contribution in [2.45, 2.75) is 44.5 Å². The van der Waals surface area contributed by atoms with Crippen molar-refractivity contribution in [2.24, 2.45) is 0 Å². The molecule has 1 aromatic carbocycles. The maximum Gasteiger partial charge on any atom is 0.416 e. The first-order valence-electron chi connectivity index (χ1n) is 8.59. The normalized spacial score (nSPS) is 16.0. The quantitative estimate of drug-likeness (QED) is 0.731. The van der Waals surface area contributed by atoms with E-state index in [1.54, 1.807) is 6.92 Å². The lowest BCUT2D eigenvalue weighted by Gasteiger charge is -2.15. The molecule has 2 aromatic heterocycles. The molecular formula is C18H17F3N4O2. The number of rotatable bonds is 4. The van der Waals surface area contributed by atoms with Crippen LogP contribution >= 0.6 is 0 Å². The molecule has 1 aliphatic carbocycles. The van der Waals surface area contributed by atoms with Gasteiger partial charge in [0, 0.05) is 5.92 Å². The number of benzene rings is 1. The number of H-pyrrole nitrogens is 1. The van der Waals surface area contributed by atoms with Gasteiger partial charge in [0.05, 0.1) is 18.2 Å². The monoisotopic (exact) mass is 378 g/mol. The molecule has 0 aliphatic heterocycles. The number of aliphatic hydroxyl groups is 1. The number of nitrogens with one attached hydrogen (secondary N) is 1. The summed E-state index contributed by atoms with van der Waals surface area (Å²) in [6.45, 7) is 1.33. The number of aromatic nitrogens is 4. The van der Waals surface area contributed by atoms with Gasteiger partial charge in [-0.3, -0.25) is 4.79 Å². The SMILES string of the molecule is C[C@@H](c1ccc(C(F)(F)F)cc1)n1nc(CO)c2c(=O)[nH]c(C3CC3)nc21. The zero-order chi connectivity index (χ0) is 19.3. The highest BCUT2D eigenvalue weighted by Crippen LogP contribution is 2.38. The van der Waals surface area contributed by atoms with E-state index in [1.807, 2.05) is 0 Å². The Kier molecular flexibility index (Phi) is 4.06. The molecule has 4 rings (SSSR count). The summed E-state index contributed by atoms with van der Waals surface area (Å²) in [5.74, 6) is 0.794. The number of alkyl halides is 3. The molecular weight excluding hydrogens is 361 g/mol. The molecule has 9 heteroatoms. The Hall–Kier alpha value is -2.68. The predicted octanol–water partition coefficient (Wildman–Crippen LogP) is 3.12. The zero-order valence-corrected chi connectivity index (χ0v) is 14.4. The fourth-order valence-electron chi connectivity index (χ4n) is 3.15. The summed E-state index contributed by atoms with van der Waals surface area (Å²) in [6, 6.07) is 4.33. The van der Waals surface area contributed by atoms with Crippen molar-refractivity contribution >= 4 is 11.0 Å². The van der Waals surface area contributed by atoms with Crippen LogP contribution < -0.4 is 5.56 Å². The number of aliphatic hydroxyl groups excluding tert-OH is 1. The molecule has 3 aromatic rings. The number of hydrogen-bond acceptors (Lipinski definition) is 4. The molecule has 1 aliphatic rings. The van der Waals surface area contributed by atoms with Crippen LogP contribution in [0.3, 0.4) is 0 Å². The summed E-state index contributed by atoms with van der Waals surface area (Å²) in [4.78, 5) is 19.7. The van der Waals surface area contributed by atoms with Crippen molar-refractivity contribution in [1.82, 2.24) is 19.7 Å². The minimum Gasteiger partial charge on any atom is -0.390 e. The molecule has 0 unspecified atom stereocenters. The third kappa shape index (κ3) is 3.12. The zero-order valence-electron chi connectivity index (χ0n) is 14.4. The largest absolute Gasteiger partial charge is 0.416 e. The summed E-state index contributed by atoms with van der Waals surface area (Å²) >= 11 is 0. The fourth-order valence-corrected chi connectivity index (χ4v) is 3.15. The average molecular weight is 378 g/mol. The highest BCUT2D eigenvalue weighted by molar-refractivity contribution is 5.77. The van der Waals surface area contributed by atoms with Crippen molar-refractivity contribution in [3.05, 3.63) is 57.3 Å². The standard InChI is InChI=1S/C18H17F3N4O2/c1-9(10-4-6-12(7-5-10)18(19,20)21)25-16-14(13(8-26)24-25)17(27)23-15(22-16)11-2-3-11/h4-7,9,11,26H,2-3,8H2,1H3,(H,22,23,27)/t9-/m0/s1. The highest BCUT2D eigenvalue weighted by atomic mass is 19.4. The Balaban J connectivity index is 1.81. The van der Waals surface area contributed by atoms with Crippen LogP contribution in [0, 0.1) is 0 Å². The topological polar surface area (TPSA) is 83.8 Å². The second kappa shape index (κ2) is 6.19. The van der Waals surface area contributed by atoms with Crippen LogP contribution in [-0.4, -0.2) is 24.9 Å². The lowest BCUT2D eigenvalue weighted by molar-refractivity contribution is -0.137. The van der Waals surface area contributed by atoms with Gasteiger partial charge in [-0.1, -0.05) is 12.1 Å². The van der Waals surface area contributed by atoms with Gasteiger partial charge in [-0.2, -0.15) is 18.3 Å². The Labute approximate surface area is 151 Å². The van der Waals surface area contributed by atoms with Gasteiger partial charge in [0.1, 0.15) is 16.9 Å². The van der Waals surface area contributed by atoms with E-state index in [0.29, 0.717) is 17.0 Å². The Morgan fingerprint density at radius 2 is 1.96 bits per heavy atom. The maximum absolute atomic E-state index is 12.8. The summed E-state index contributed by atoms with van der Waals surface area (Å²) in [5.41, 5.74) is 0.0196. The number of hydrogen-bond donors (Lipinski definition) is 2. The third-order valence-corrected chi connectivity index (χ3v) is 4.85. The maximum atomic E-state index is 12.8. The van der Waals surface area contributed by atoms with Gasteiger partial charge >= 0.3 is 6.18 Å². The van der Waals surface area contributed by atoms with Crippen molar-refractivity contribution in [3.63, 3.8) is 0 Å². The van der Waals surface area contributed by atoms with Crippen LogP contribution in [0.5, 0.6) is 0 Å². The minimum atomic E-state index is -4.40. The van der Waals surface area contributed by atoms with Gasteiger partial charge in [0.25, 0.3) is 5.56 Å². The minimum absolute atomic E-state index is 0.194. The molecule has 142 valence electrons. The van der Waals surface area contributed by atoms with Crippen LogP contribution in [-0.2, 0) is 12.8 Å². The summed E-state index contributed by atoms with van der Waals surface area (Å²) in [5, 5.41) is 14.1. The molecule has 0 spiro atoms. The van der Waals surface area contributed by atoms with Gasteiger partial charge in [-0.05, 0) is 37.5 Å². The molecule has 0 amide bonds. The number of nitrogens with zero attached hydrogens (tertiary/aromatic N) is 3. The number of halogens is 3. The smallest absolute Gasteiger partial charge is 0.390 e. The molecule has 1 saturated carbocycles. The Morgan fingerprint density at radius 3 is 2.52 bits per heavy atom. The molecule has 1 atom stereocenters. The van der Waals surface area contributed by atoms with Crippen molar-refractivity contribution < 1.29 is 18.3 Å². The van der Waals surface area contributed by atoms with E-state index in [-0.39, 0.29) is 22.6 Å². The average Bonchev–Trinajstić information content (AvgIpc) is 3.41. The van der Waals surface area contributed by atoms with Crippen LogP contribution in [0.4, 0.5) is 13.2 Å². The Morgan fingerprint density at radius 1 is 1.30 bits per heavy atom. The van der Waals surface area contributed by atoms with Gasteiger partial charge in [0.2, 0.25) is 0 Å². The summed E-state index contributed by atoms with van der Waals surface area (Å²) in [6.07, 6.45) is -2.51. The van der Waals surface area contributed by atoms with Gasteiger partial charge < -0.3 is 10.1 Å². The second-order valence-corrected chi connectivity index (χ2v) is 6.77. The lowest BCUT2D eigenvalue weighted by Crippen LogP contribution is -2.14. The molecule has 0 radical (unpaired) electrons. The molecule has 0 bridgehead atoms. The number of aromatic amines is 1. The first kappa shape index (κ1) is 17.7. The van der Waals surface area contributed by atoms with E-state index in [0.717, 1.165) is 25.0 Å². The Bertz CT molecular complexity index is 1050. The molecule has 6 nitrogen and oxygen atoms in total. The van der Waals surface area contributed by atoms with Crippen LogP contribution in [0.15, 0.2) is 29.1 Å². The molecule has 2 N–H and O–H groups in total. The predicted molar refractivity (Wildman–Crippen MR) is 91.3 cm³/mol. The first-order valence-corrected chi connectivity index (χ1v) is 8.59. The van der Waals surface area contributed by atoms with Crippen LogP contribution in [0.1, 0.15) is 54.4 Å². The van der Waals surface area contributed by atoms with E-state index in [2.05, 4.69) is 15.1 Å². The van der Waals surface area contributed by atoms with Crippen molar-refractivity contribution in [3.8, 4) is 0 Å². The van der Waals surface area contributed by atoms with Crippen molar-refractivity contribution in [2.75, 3.05) is 0 Å². The van der Waals surface area contributed by atoms with E-state index in [1.165, 1.54) is 16.8 Å². The van der Waals surface area contributed by atoms with E-state index in [4.69, 9.17) is 0 Å². The first-order chi connectivity index (χ1) is 12.8. The van der Waals surface area contributed by atoms with Gasteiger partial charge in [0.15, 0.2) is 5.65 Å². The fraction of sp³-hybridized carbons (Fsp3) is 0.389. The third-order valence-electron chi connectivity index (χ3n) is 4.85. The van der Waals surface area contributed by atoms with Gasteiger partial charge in [-0.25, -0.2) is 9.67 Å². The van der Waals surface area contributed by atoms with E-state index >= 15 is 0 Å². The van der Waals surface area contributed by atoms with Gasteiger partial charge in [-0.15, -0.1) is 0 Å². The molecule has 2 heterocycles. The van der Waals surface area contributed by atoms with Crippen LogP contribution in [0.2, 0.25) is 0 Å². The summed E-state index contributed by atoms with van der Waals surface area (Å²) < 4.78 is 39.8. The van der Waals surface area contributed by atoms with Crippen LogP contribution in [0.25, 0.3) is 11.0 Å². The lowest BCUT2D eigenvalue weighted by atomic mass is 10.1. The number of fused-ring (bicyclic) bond motifs is 1. The van der Waals surface area contributed by atoms with E-state index in [9.17, 15) is 23.1 Å². The highest BCUT2D eigenvalue weighted by Gasteiger charge is 2.31. The second-order valence-electron chi connectivity index (χ2n) is 6.77. The van der Waals surface area contributed by atoms with E-state index < -0.39 is 24.4 Å². The molecule has 27 heavy (non-hydrogen) atoms. The van der Waals surface area contributed by atoms with Crippen molar-refractivity contribution in [1.29, 1.82) is 0 Å². The summed E-state index contributed by atoms with van der Waals surface area (Å²) in [7, 11) is 0. The molecule has 1 fully saturated rings.